The summed E-state index contributed by atoms with van der Waals surface area (Å²) >= 11 is -11.2. The summed E-state index contributed by atoms with van der Waals surface area (Å²) in [5.74, 6) is 0.637. The molecular weight excluding hydrogens is 780 g/mol. The van der Waals surface area contributed by atoms with E-state index in [1.165, 1.54) is 11.1 Å². The van der Waals surface area contributed by atoms with Crippen molar-refractivity contribution < 1.29 is 44.5 Å². The fourth-order valence-electron chi connectivity index (χ4n) is 5.31. The average Bonchev–Trinajstić information content (AvgIpc) is 2.83. The molecule has 2 N–H and O–H groups in total. The van der Waals surface area contributed by atoms with Crippen molar-refractivity contribution in [1.29, 1.82) is 0 Å². The molecule has 1 aliphatic rings. The molecule has 0 amide bonds. The zero-order valence-electron chi connectivity index (χ0n) is 30.4. The SMILES string of the molecule is CC(C)(C)c1cc(C=NC2CCCC[C@@H]2N=Cc2cc(C(C)(C)C)cc(C(C)(C)C)c2O)c(O)c(C(C)(C)C)c1.[Cr].[F][Sb-]([F])([F])([F])([F])[F]. The van der Waals surface area contributed by atoms with Crippen LogP contribution in [0.3, 0.4) is 0 Å². The summed E-state index contributed by atoms with van der Waals surface area (Å²) in [6, 6.07) is 8.53. The van der Waals surface area contributed by atoms with Crippen LogP contribution in [0.2, 0.25) is 0 Å². The van der Waals surface area contributed by atoms with Crippen molar-refractivity contribution in [3.8, 4) is 11.5 Å². The van der Waals surface area contributed by atoms with Gasteiger partial charge in [-0.25, -0.2) is 0 Å². The Labute approximate surface area is 296 Å². The van der Waals surface area contributed by atoms with Crippen molar-refractivity contribution in [3.63, 3.8) is 0 Å². The summed E-state index contributed by atoms with van der Waals surface area (Å²) in [5.41, 5.74) is 5.39. The molecule has 1 fully saturated rings. The molecule has 2 aromatic rings. The van der Waals surface area contributed by atoms with Gasteiger partial charge in [-0.1, -0.05) is 108 Å². The standard InChI is InChI=1S/C36H54N2O2.Cr.6FH.Sb/c1-33(2,3)25-17-23(31(39)27(19-25)35(7,8)9)21-37-29-15-13-14-16-30(29)38-22-24-18-26(34(4,5)6)20-28(32(24)40)36(10,11)12;;;;;;;;/h17-22,29-30,39-40H,13-16H2,1-12H3;;6*1H;/q;;;;;;;;+5/p-6/t29-,30?;;;;;;;;/m0......../s1. The summed E-state index contributed by atoms with van der Waals surface area (Å²) in [4.78, 5) is 10.1. The summed E-state index contributed by atoms with van der Waals surface area (Å²) in [6.45, 7) is 26.0. The molecule has 0 spiro atoms. The predicted molar refractivity (Wildman–Crippen MR) is 185 cm³/mol. The van der Waals surface area contributed by atoms with Crippen LogP contribution in [0.15, 0.2) is 34.3 Å². The number of hydrogen-bond donors (Lipinski definition) is 2. The van der Waals surface area contributed by atoms with E-state index >= 15 is 0 Å². The number of nitrogens with zero attached hydrogens (tertiary/aromatic N) is 2. The van der Waals surface area contributed by atoms with E-state index in [1.54, 1.807) is 0 Å². The van der Waals surface area contributed by atoms with Crippen LogP contribution in [-0.2, 0) is 39.0 Å². The number of hydrogen-bond acceptors (Lipinski definition) is 4. The summed E-state index contributed by atoms with van der Waals surface area (Å²) in [5, 5.41) is 22.5. The molecule has 1 unspecified atom stereocenters. The van der Waals surface area contributed by atoms with Gasteiger partial charge in [-0.3, -0.25) is 9.98 Å². The van der Waals surface area contributed by atoms with Gasteiger partial charge in [0.15, 0.2) is 0 Å². The summed E-state index contributed by atoms with van der Waals surface area (Å²) in [6.07, 6.45) is 7.90. The van der Waals surface area contributed by atoms with Gasteiger partial charge in [0.2, 0.25) is 0 Å². The van der Waals surface area contributed by atoms with Gasteiger partial charge in [-0.2, -0.15) is 0 Å². The van der Waals surface area contributed by atoms with Gasteiger partial charge in [-0.05, 0) is 57.8 Å². The van der Waals surface area contributed by atoms with E-state index in [4.69, 9.17) is 9.98 Å². The molecule has 4 nitrogen and oxygen atoms in total. The zero-order chi connectivity index (χ0) is 36.7. The van der Waals surface area contributed by atoms with E-state index in [9.17, 15) is 27.1 Å². The third-order valence-corrected chi connectivity index (χ3v) is 8.13. The van der Waals surface area contributed by atoms with E-state index in [0.29, 0.717) is 11.5 Å². The van der Waals surface area contributed by atoms with Crippen LogP contribution in [0.4, 0.5) is 16.9 Å². The summed E-state index contributed by atoms with van der Waals surface area (Å²) < 4.78 is 59.6. The minimum absolute atomic E-state index is 0. The Kier molecular flexibility index (Phi) is 13.1. The van der Waals surface area contributed by atoms with Crippen LogP contribution in [0.25, 0.3) is 0 Å². The van der Waals surface area contributed by atoms with Crippen LogP contribution in [0.5, 0.6) is 11.5 Å². The van der Waals surface area contributed by atoms with Crippen molar-refractivity contribution in [1.82, 2.24) is 0 Å². The first-order valence-electron chi connectivity index (χ1n) is 16.0. The Balaban J connectivity index is 0.00000130. The fraction of sp³-hybridized carbons (Fsp3) is 0.611. The molecule has 0 aliphatic heterocycles. The number of phenols is 2. The Morgan fingerprint density at radius 1 is 0.562 bits per heavy atom. The third kappa shape index (κ3) is 14.7. The van der Waals surface area contributed by atoms with Crippen LogP contribution in [0.1, 0.15) is 142 Å². The van der Waals surface area contributed by atoms with E-state index in [1.807, 2.05) is 12.4 Å². The molecule has 0 radical (unpaired) electrons. The van der Waals surface area contributed by atoms with E-state index in [2.05, 4.69) is 107 Å². The van der Waals surface area contributed by atoms with Crippen molar-refractivity contribution in [2.45, 2.75) is 143 Å². The molecule has 12 heteroatoms. The number of benzene rings is 2. The molecule has 0 aromatic heterocycles. The van der Waals surface area contributed by atoms with E-state index in [0.717, 1.165) is 47.9 Å². The number of halogens is 6. The third-order valence-electron chi connectivity index (χ3n) is 8.13. The topological polar surface area (TPSA) is 65.2 Å². The Morgan fingerprint density at radius 3 is 1.06 bits per heavy atom. The van der Waals surface area contributed by atoms with Crippen LogP contribution in [-0.4, -0.2) is 54.2 Å². The van der Waals surface area contributed by atoms with Gasteiger partial charge in [-0.15, -0.1) is 0 Å². The molecule has 0 bridgehead atoms. The number of rotatable bonds is 4. The number of aromatic hydroxyl groups is 2. The average molecular weight is 835 g/mol. The van der Waals surface area contributed by atoms with Crippen molar-refractivity contribution >= 4 is 31.9 Å². The normalized spacial score (nSPS) is 19.7. The first kappa shape index (κ1) is 44.3. The Hall–Kier alpha value is -1.69. The monoisotopic (exact) mass is 833 g/mol. The molecule has 274 valence electrons. The molecule has 0 heterocycles. The molecule has 0 saturated heterocycles. The van der Waals surface area contributed by atoms with E-state index < -0.39 is 19.5 Å². The van der Waals surface area contributed by atoms with Crippen molar-refractivity contribution in [3.05, 3.63) is 57.6 Å². The second kappa shape index (κ2) is 14.1. The molecule has 2 atom stereocenters. The first-order valence-corrected chi connectivity index (χ1v) is 21.8. The molecular formula is C36H54CrF6N2O2Sb-. The first-order chi connectivity index (χ1) is 20.6. The summed E-state index contributed by atoms with van der Waals surface area (Å²) in [7, 11) is 0. The van der Waals surface area contributed by atoms with Gasteiger partial charge in [0.05, 0.1) is 12.1 Å². The van der Waals surface area contributed by atoms with Gasteiger partial charge < -0.3 is 10.2 Å². The maximum absolute atomic E-state index is 11.2. The van der Waals surface area contributed by atoms with Crippen LogP contribution < -0.4 is 0 Å². The van der Waals surface area contributed by atoms with Gasteiger partial charge >= 0.3 is 36.4 Å². The molecule has 3 rings (SSSR count). The van der Waals surface area contributed by atoms with E-state index in [-0.39, 0.29) is 51.1 Å². The Bertz CT molecular complexity index is 1390. The number of aliphatic imine (C=N–C) groups is 2. The van der Waals surface area contributed by atoms with Crippen molar-refractivity contribution in [2.24, 2.45) is 9.98 Å². The molecule has 1 aliphatic carbocycles. The molecule has 1 saturated carbocycles. The molecule has 2 aromatic carbocycles. The quantitative estimate of drug-likeness (QED) is 0.183. The van der Waals surface area contributed by atoms with Crippen LogP contribution >= 0.6 is 0 Å². The van der Waals surface area contributed by atoms with Gasteiger partial charge in [0.1, 0.15) is 11.5 Å². The van der Waals surface area contributed by atoms with Gasteiger partial charge in [0, 0.05) is 52.0 Å². The zero-order valence-corrected chi connectivity index (χ0v) is 34.2. The minimum atomic E-state index is -11.2. The second-order valence-electron chi connectivity index (χ2n) is 16.9. The number of phenolic OH excluding ortho intramolecular Hbond substituents is 2. The molecule has 48 heavy (non-hydrogen) atoms. The second-order valence-corrected chi connectivity index (χ2v) is 22.3. The maximum atomic E-state index is 11.2. The van der Waals surface area contributed by atoms with Crippen molar-refractivity contribution in [2.75, 3.05) is 0 Å². The van der Waals surface area contributed by atoms with Crippen LogP contribution in [0, 0.1) is 0 Å². The van der Waals surface area contributed by atoms with Gasteiger partial charge in [0.25, 0.3) is 0 Å². The predicted octanol–water partition coefficient (Wildman–Crippen LogP) is 11.3. The Morgan fingerprint density at radius 2 is 0.833 bits per heavy atom. The fourth-order valence-corrected chi connectivity index (χ4v) is 5.31.